The first-order chi connectivity index (χ1) is 9.08. The summed E-state index contributed by atoms with van der Waals surface area (Å²) in [6.45, 7) is 0.599. The molecule has 0 unspecified atom stereocenters. The van der Waals surface area contributed by atoms with Crippen LogP contribution in [-0.2, 0) is 14.8 Å². The van der Waals surface area contributed by atoms with Crippen molar-refractivity contribution in [2.24, 2.45) is 0 Å². The minimum Gasteiger partial charge on any atom is -0.377 e. The van der Waals surface area contributed by atoms with Crippen LogP contribution in [0.1, 0.15) is 25.7 Å². The van der Waals surface area contributed by atoms with Crippen molar-refractivity contribution in [3.8, 4) is 0 Å². The van der Waals surface area contributed by atoms with Crippen LogP contribution < -0.4 is 4.72 Å². The third kappa shape index (κ3) is 4.26. The monoisotopic (exact) mass is 287 g/mol. The highest BCUT2D eigenvalue weighted by atomic mass is 32.2. The molecule has 0 saturated heterocycles. The van der Waals surface area contributed by atoms with Crippen LogP contribution >= 0.6 is 0 Å². The second kappa shape index (κ2) is 6.45. The smallest absolute Gasteiger partial charge is 0.240 e. The highest BCUT2D eigenvalue weighted by Gasteiger charge is 2.16. The van der Waals surface area contributed by atoms with Crippen molar-refractivity contribution in [3.05, 3.63) is 30.1 Å². The van der Waals surface area contributed by atoms with Gasteiger partial charge in [-0.2, -0.15) is 0 Å². The normalized spacial score (nSPS) is 16.9. The average Bonchev–Trinajstić information content (AvgIpc) is 2.88. The molecule has 0 atom stereocenters. The fourth-order valence-corrected chi connectivity index (χ4v) is 3.17. The lowest BCUT2D eigenvalue weighted by molar-refractivity contribution is 0.0626. The quantitative estimate of drug-likeness (QED) is 0.815. The predicted molar refractivity (Wildman–Crippen MR) is 69.8 cm³/mol. The highest BCUT2D eigenvalue weighted by Crippen LogP contribution is 2.20. The molecule has 1 saturated carbocycles. The van der Waals surface area contributed by atoms with Crippen LogP contribution in [0.15, 0.2) is 29.2 Å². The molecule has 106 valence electrons. The second-order valence-corrected chi connectivity index (χ2v) is 6.40. The number of benzene rings is 1. The second-order valence-electron chi connectivity index (χ2n) is 4.63. The number of sulfonamides is 1. The van der Waals surface area contributed by atoms with Gasteiger partial charge in [0, 0.05) is 6.54 Å². The maximum atomic E-state index is 12.7. The minimum absolute atomic E-state index is 0.0646. The minimum atomic E-state index is -3.57. The zero-order chi connectivity index (χ0) is 13.7. The summed E-state index contributed by atoms with van der Waals surface area (Å²) in [7, 11) is -3.57. The van der Waals surface area contributed by atoms with Crippen molar-refractivity contribution in [2.75, 3.05) is 13.2 Å². The van der Waals surface area contributed by atoms with E-state index in [1.54, 1.807) is 0 Å². The van der Waals surface area contributed by atoms with Gasteiger partial charge in [-0.1, -0.05) is 12.8 Å². The molecule has 1 aromatic rings. The van der Waals surface area contributed by atoms with Crippen molar-refractivity contribution in [2.45, 2.75) is 36.7 Å². The average molecular weight is 287 g/mol. The highest BCUT2D eigenvalue weighted by molar-refractivity contribution is 7.89. The van der Waals surface area contributed by atoms with Gasteiger partial charge in [0.05, 0.1) is 17.6 Å². The number of nitrogens with one attached hydrogen (secondary N) is 1. The van der Waals surface area contributed by atoms with E-state index in [9.17, 15) is 12.8 Å². The first kappa shape index (κ1) is 14.4. The van der Waals surface area contributed by atoms with Crippen LogP contribution in [0.25, 0.3) is 0 Å². The third-order valence-corrected chi connectivity index (χ3v) is 4.65. The Morgan fingerprint density at radius 1 is 1.21 bits per heavy atom. The van der Waals surface area contributed by atoms with Gasteiger partial charge in [0.1, 0.15) is 5.82 Å². The van der Waals surface area contributed by atoms with Crippen molar-refractivity contribution in [3.63, 3.8) is 0 Å². The topological polar surface area (TPSA) is 55.4 Å². The molecule has 1 fully saturated rings. The summed E-state index contributed by atoms with van der Waals surface area (Å²) >= 11 is 0. The van der Waals surface area contributed by atoms with E-state index < -0.39 is 15.8 Å². The Hall–Kier alpha value is -0.980. The molecule has 6 heteroatoms. The van der Waals surface area contributed by atoms with Gasteiger partial charge in [-0.05, 0) is 37.1 Å². The van der Waals surface area contributed by atoms with Gasteiger partial charge in [-0.15, -0.1) is 0 Å². The Morgan fingerprint density at radius 2 is 1.84 bits per heavy atom. The Kier molecular flexibility index (Phi) is 4.90. The molecule has 0 bridgehead atoms. The number of hydrogen-bond donors (Lipinski definition) is 1. The summed E-state index contributed by atoms with van der Waals surface area (Å²) in [6, 6.07) is 4.75. The van der Waals surface area contributed by atoms with Crippen LogP contribution in [-0.4, -0.2) is 27.7 Å². The van der Waals surface area contributed by atoms with E-state index in [1.165, 1.54) is 25.0 Å². The number of hydrogen-bond acceptors (Lipinski definition) is 3. The summed E-state index contributed by atoms with van der Waals surface area (Å²) in [5.74, 6) is -0.455. The van der Waals surface area contributed by atoms with E-state index in [0.717, 1.165) is 25.0 Å². The molecule has 1 N–H and O–H groups in total. The summed E-state index contributed by atoms with van der Waals surface area (Å²) in [5, 5.41) is 0. The van der Waals surface area contributed by atoms with E-state index in [1.807, 2.05) is 0 Å². The molecule has 19 heavy (non-hydrogen) atoms. The first-order valence-corrected chi connectivity index (χ1v) is 7.93. The van der Waals surface area contributed by atoms with Crippen LogP contribution in [0.4, 0.5) is 4.39 Å². The number of rotatable bonds is 6. The molecule has 0 heterocycles. The van der Waals surface area contributed by atoms with Gasteiger partial charge in [0.25, 0.3) is 0 Å². The number of halogens is 1. The number of ether oxygens (including phenoxy) is 1. The van der Waals surface area contributed by atoms with E-state index in [4.69, 9.17) is 4.74 Å². The first-order valence-electron chi connectivity index (χ1n) is 6.45. The van der Waals surface area contributed by atoms with Gasteiger partial charge >= 0.3 is 0 Å². The molecule has 0 aliphatic heterocycles. The predicted octanol–water partition coefficient (Wildman–Crippen LogP) is 2.06. The van der Waals surface area contributed by atoms with E-state index in [-0.39, 0.29) is 17.5 Å². The zero-order valence-electron chi connectivity index (χ0n) is 10.6. The molecule has 1 aliphatic carbocycles. The lowest BCUT2D eigenvalue weighted by Crippen LogP contribution is -2.28. The third-order valence-electron chi connectivity index (χ3n) is 3.17. The summed E-state index contributed by atoms with van der Waals surface area (Å²) in [6.07, 6.45) is 4.77. The SMILES string of the molecule is O=S(=O)(NCCOC1CCCC1)c1ccc(F)cc1. The standard InChI is InChI=1S/C13H18FNO3S/c14-11-5-7-13(8-6-11)19(16,17)15-9-10-18-12-3-1-2-4-12/h5-8,12,15H,1-4,9-10H2. The maximum absolute atomic E-state index is 12.7. The van der Waals surface area contributed by atoms with Crippen molar-refractivity contribution >= 4 is 10.0 Å². The van der Waals surface area contributed by atoms with Gasteiger partial charge in [0.15, 0.2) is 0 Å². The van der Waals surface area contributed by atoms with Gasteiger partial charge < -0.3 is 4.74 Å². The Balaban J connectivity index is 1.79. The molecular weight excluding hydrogens is 269 g/mol. The zero-order valence-corrected chi connectivity index (χ0v) is 11.5. The van der Waals surface area contributed by atoms with Crippen LogP contribution in [0.3, 0.4) is 0 Å². The van der Waals surface area contributed by atoms with Crippen molar-refractivity contribution in [1.29, 1.82) is 0 Å². The Labute approximate surface area is 113 Å². The fourth-order valence-electron chi connectivity index (χ4n) is 2.15. The van der Waals surface area contributed by atoms with E-state index in [2.05, 4.69) is 4.72 Å². The van der Waals surface area contributed by atoms with Gasteiger partial charge in [-0.3, -0.25) is 0 Å². The van der Waals surface area contributed by atoms with Gasteiger partial charge in [-0.25, -0.2) is 17.5 Å². The van der Waals surface area contributed by atoms with E-state index in [0.29, 0.717) is 6.61 Å². The van der Waals surface area contributed by atoms with Gasteiger partial charge in [0.2, 0.25) is 10.0 Å². The van der Waals surface area contributed by atoms with Crippen LogP contribution in [0.2, 0.25) is 0 Å². The van der Waals surface area contributed by atoms with Crippen LogP contribution in [0.5, 0.6) is 0 Å². The fraction of sp³-hybridized carbons (Fsp3) is 0.538. The molecular formula is C13H18FNO3S. The summed E-state index contributed by atoms with van der Waals surface area (Å²) in [5.41, 5.74) is 0. The van der Waals surface area contributed by atoms with Crippen molar-refractivity contribution in [1.82, 2.24) is 4.72 Å². The molecule has 0 spiro atoms. The Bertz CT molecular complexity index is 495. The molecule has 1 aromatic carbocycles. The van der Waals surface area contributed by atoms with Crippen molar-refractivity contribution < 1.29 is 17.5 Å². The molecule has 0 radical (unpaired) electrons. The Morgan fingerprint density at radius 3 is 2.47 bits per heavy atom. The van der Waals surface area contributed by atoms with Crippen LogP contribution in [0, 0.1) is 5.82 Å². The molecule has 1 aliphatic rings. The maximum Gasteiger partial charge on any atom is 0.240 e. The molecule has 4 nitrogen and oxygen atoms in total. The molecule has 2 rings (SSSR count). The summed E-state index contributed by atoms with van der Waals surface area (Å²) in [4.78, 5) is 0.0646. The summed E-state index contributed by atoms with van der Waals surface area (Å²) < 4.78 is 44.4. The molecule has 0 aromatic heterocycles. The largest absolute Gasteiger partial charge is 0.377 e. The lowest BCUT2D eigenvalue weighted by atomic mass is 10.3. The molecule has 0 amide bonds. The van der Waals surface area contributed by atoms with E-state index >= 15 is 0 Å². The lowest BCUT2D eigenvalue weighted by Gasteiger charge is -2.11.